The molecule has 6 heterocycles. The van der Waals surface area contributed by atoms with Crippen molar-refractivity contribution in [2.45, 2.75) is 0 Å². The van der Waals surface area contributed by atoms with Gasteiger partial charge in [-0.3, -0.25) is 0 Å². The summed E-state index contributed by atoms with van der Waals surface area (Å²) in [5, 5.41) is 10.5. The van der Waals surface area contributed by atoms with Crippen molar-refractivity contribution in [2.24, 2.45) is 0 Å². The summed E-state index contributed by atoms with van der Waals surface area (Å²) < 4.78 is 15.5. The minimum atomic E-state index is 1.19. The van der Waals surface area contributed by atoms with E-state index in [2.05, 4.69) is 337 Å². The molecule has 0 bridgehead atoms. The molecular weight excluding hydrogens is 1210 g/mol. The molecule has 6 heteroatoms. The van der Waals surface area contributed by atoms with Crippen molar-refractivity contribution in [2.75, 3.05) is 0 Å². The first-order chi connectivity index (χ1) is 46.6. The van der Waals surface area contributed by atoms with Crippen LogP contribution in [0.2, 0.25) is 0 Å². The number of fused-ring (bicyclic) bond motifs is 16. The van der Waals surface area contributed by atoms with E-state index in [0.717, 1.165) is 0 Å². The highest BCUT2D eigenvalue weighted by Crippen LogP contribution is 2.50. The Bertz CT molecular complexity index is 6340. The Labute approximate surface area is 558 Å². The van der Waals surface area contributed by atoms with Gasteiger partial charge in [0.05, 0.1) is 31.5 Å². The van der Waals surface area contributed by atoms with E-state index in [4.69, 9.17) is 0 Å². The molecule has 0 fully saturated rings. The van der Waals surface area contributed by atoms with Gasteiger partial charge < -0.3 is 9.13 Å². The molecule has 14 aromatic carbocycles. The molecule has 0 atom stereocenters. The van der Waals surface area contributed by atoms with Crippen LogP contribution in [0, 0.1) is 0 Å². The van der Waals surface area contributed by atoms with Gasteiger partial charge in [-0.2, -0.15) is 0 Å². The van der Waals surface area contributed by atoms with Crippen LogP contribution in [0.4, 0.5) is 0 Å². The van der Waals surface area contributed by atoms with Crippen LogP contribution in [0.25, 0.3) is 181 Å². The fourth-order valence-corrected chi connectivity index (χ4v) is 19.6. The van der Waals surface area contributed by atoms with Crippen LogP contribution < -0.4 is 0 Å². The lowest BCUT2D eigenvalue weighted by Crippen LogP contribution is -1.92. The van der Waals surface area contributed by atoms with Gasteiger partial charge in [0.2, 0.25) is 0 Å². The fourth-order valence-electron chi connectivity index (χ4n) is 14.6. The lowest BCUT2D eigenvalue weighted by molar-refractivity contribution is 1.19. The van der Waals surface area contributed by atoms with Crippen LogP contribution in [0.5, 0.6) is 0 Å². The van der Waals surface area contributed by atoms with E-state index in [1.807, 2.05) is 45.3 Å². The van der Waals surface area contributed by atoms with Crippen molar-refractivity contribution < 1.29 is 0 Å². The number of hydrogen-bond acceptors (Lipinski definition) is 4. The maximum Gasteiger partial charge on any atom is 0.0727 e. The number of nitrogens with zero attached hydrogens (tertiary/aromatic N) is 2. The van der Waals surface area contributed by atoms with E-state index < -0.39 is 0 Å². The molecular formula is C88H54N2S4. The molecule has 0 radical (unpaired) electrons. The zero-order valence-electron chi connectivity index (χ0n) is 50.7. The minimum Gasteiger partial charge on any atom is -0.308 e. The summed E-state index contributed by atoms with van der Waals surface area (Å²) in [5.41, 5.74) is 22.7. The molecule has 0 aliphatic carbocycles. The monoisotopic (exact) mass is 1270 g/mol. The Morgan fingerprint density at radius 1 is 0.191 bits per heavy atom. The first kappa shape index (κ1) is 54.7. The summed E-state index contributed by atoms with van der Waals surface area (Å²) in [5.74, 6) is 0. The lowest BCUT2D eigenvalue weighted by Gasteiger charge is -2.13. The summed E-state index contributed by atoms with van der Waals surface area (Å²) in [7, 11) is 0. The Kier molecular flexibility index (Phi) is 13.1. The van der Waals surface area contributed by atoms with Gasteiger partial charge in [-0.25, -0.2) is 0 Å². The van der Waals surface area contributed by atoms with Crippen LogP contribution in [0.3, 0.4) is 0 Å². The Balaban J connectivity index is 0.000000133. The largest absolute Gasteiger partial charge is 0.308 e. The third-order valence-electron chi connectivity index (χ3n) is 18.9. The van der Waals surface area contributed by atoms with Crippen LogP contribution in [0.1, 0.15) is 0 Å². The summed E-state index contributed by atoms with van der Waals surface area (Å²) in [6.45, 7) is 0. The van der Waals surface area contributed by atoms with Gasteiger partial charge in [0.15, 0.2) is 0 Å². The normalized spacial score (nSPS) is 11.8. The van der Waals surface area contributed by atoms with E-state index in [-0.39, 0.29) is 0 Å². The maximum atomic E-state index is 2.43. The second kappa shape index (κ2) is 22.4. The van der Waals surface area contributed by atoms with Gasteiger partial charge in [-0.05, 0) is 128 Å². The number of rotatable bonds is 8. The van der Waals surface area contributed by atoms with E-state index in [9.17, 15) is 0 Å². The lowest BCUT2D eigenvalue weighted by atomic mass is 9.91. The number of hydrogen-bond donors (Lipinski definition) is 0. The third-order valence-corrected chi connectivity index (χ3v) is 23.6. The Morgan fingerprint density at radius 2 is 0.606 bits per heavy atom. The fraction of sp³-hybridized carbons (Fsp3) is 0. The van der Waals surface area contributed by atoms with Crippen LogP contribution in [-0.4, -0.2) is 9.13 Å². The molecule has 0 saturated heterocycles. The van der Waals surface area contributed by atoms with E-state index in [1.165, 1.54) is 181 Å². The molecule has 20 aromatic rings. The average Bonchev–Trinajstić information content (AvgIpc) is 1.57. The second-order valence-corrected chi connectivity index (χ2v) is 28.3. The number of thiophene rings is 4. The van der Waals surface area contributed by atoms with Gasteiger partial charge in [-0.1, -0.05) is 261 Å². The number of aromatic nitrogens is 2. The zero-order valence-corrected chi connectivity index (χ0v) is 54.0. The molecule has 0 saturated carbocycles. The summed E-state index contributed by atoms with van der Waals surface area (Å²) in [4.78, 5) is 0. The van der Waals surface area contributed by atoms with E-state index in [0.29, 0.717) is 0 Å². The quantitative estimate of drug-likeness (QED) is 0.143. The highest BCUT2D eigenvalue weighted by atomic mass is 32.1. The summed E-state index contributed by atoms with van der Waals surface area (Å²) >= 11 is 7.60. The van der Waals surface area contributed by atoms with E-state index in [1.54, 1.807) is 0 Å². The second-order valence-electron chi connectivity index (χ2n) is 24.1. The predicted molar refractivity (Wildman–Crippen MR) is 411 cm³/mol. The van der Waals surface area contributed by atoms with Crippen molar-refractivity contribution in [3.8, 4) is 78.1 Å². The smallest absolute Gasteiger partial charge is 0.0727 e. The highest BCUT2D eigenvalue weighted by molar-refractivity contribution is 7.28. The Morgan fingerprint density at radius 3 is 1.20 bits per heavy atom. The maximum absolute atomic E-state index is 2.43. The van der Waals surface area contributed by atoms with E-state index >= 15 is 0 Å². The average molecular weight is 1270 g/mol. The SMILES string of the molecule is c1ccc(-c2ccc3sc4c(-c5ccccc5-c5ccc6c(c5)sc5c7ccccc7n(-c7ccccc7)c65)cccc4c3c2)cc1.c1ccc(-c2cccc3c2sc2cccc(-c4ccccc4-c4ccc5c(c4)sc4c6ccccc6n(-c6ccccc6)c54)c23)cc1. The van der Waals surface area contributed by atoms with Crippen molar-refractivity contribution in [1.29, 1.82) is 0 Å². The van der Waals surface area contributed by atoms with Gasteiger partial charge in [0.1, 0.15) is 0 Å². The van der Waals surface area contributed by atoms with Crippen molar-refractivity contribution in [1.82, 2.24) is 9.13 Å². The van der Waals surface area contributed by atoms with Gasteiger partial charge in [0, 0.05) is 88.2 Å². The molecule has 0 spiro atoms. The number of benzene rings is 14. The zero-order chi connectivity index (χ0) is 61.8. The van der Waals surface area contributed by atoms with Gasteiger partial charge in [0.25, 0.3) is 0 Å². The molecule has 0 amide bonds. The molecule has 0 aliphatic heterocycles. The van der Waals surface area contributed by atoms with Crippen LogP contribution in [-0.2, 0) is 0 Å². The number of para-hydroxylation sites is 4. The van der Waals surface area contributed by atoms with Crippen LogP contribution >= 0.6 is 45.3 Å². The standard InChI is InChI=1S/2C44H27NS2/c1-3-13-28(14-4-1)32-20-11-22-37-41-34(21-12-24-39(41)46-43(32)37)33-18-8-7-17-31(33)29-25-26-36-40(27-29)47-44-35-19-9-10-23-38(35)45(42(36)44)30-15-5-2-6-16-30;1-3-12-28(13-4-1)29-23-25-40-38(26-29)35-20-11-19-34(43(35)46-40)33-17-8-7-16-32(33)30-22-24-37-41(27-30)47-44-36-18-9-10-21-39(36)45(42(37)44)31-14-5-2-6-15-31/h2*1-27H. The third kappa shape index (κ3) is 8.86. The minimum absolute atomic E-state index is 1.19. The molecule has 0 N–H and O–H groups in total. The molecule has 94 heavy (non-hydrogen) atoms. The van der Waals surface area contributed by atoms with Crippen molar-refractivity contribution in [3.05, 3.63) is 328 Å². The first-order valence-electron chi connectivity index (χ1n) is 31.9. The molecule has 0 aliphatic rings. The summed E-state index contributed by atoms with van der Waals surface area (Å²) in [6.07, 6.45) is 0. The Hall–Kier alpha value is -11.0. The first-order valence-corrected chi connectivity index (χ1v) is 35.1. The highest BCUT2D eigenvalue weighted by Gasteiger charge is 2.23. The molecule has 20 rings (SSSR count). The van der Waals surface area contributed by atoms with Crippen molar-refractivity contribution in [3.63, 3.8) is 0 Å². The topological polar surface area (TPSA) is 9.86 Å². The molecule has 0 unspecified atom stereocenters. The molecule has 2 nitrogen and oxygen atoms in total. The predicted octanol–water partition coefficient (Wildman–Crippen LogP) is 26.7. The summed E-state index contributed by atoms with van der Waals surface area (Å²) in [6, 6.07) is 120. The molecule has 440 valence electrons. The molecule has 6 aromatic heterocycles. The van der Waals surface area contributed by atoms with Crippen LogP contribution in [0.15, 0.2) is 328 Å². The van der Waals surface area contributed by atoms with Gasteiger partial charge >= 0.3 is 0 Å². The van der Waals surface area contributed by atoms with Gasteiger partial charge in [-0.15, -0.1) is 45.3 Å². The van der Waals surface area contributed by atoms with Crippen molar-refractivity contribution >= 4 is 148 Å².